The van der Waals surface area contributed by atoms with Gasteiger partial charge in [-0.25, -0.2) is 4.39 Å². The Morgan fingerprint density at radius 1 is 1.17 bits per heavy atom. The second-order valence-electron chi connectivity index (χ2n) is 8.72. The van der Waals surface area contributed by atoms with Crippen LogP contribution in [0.15, 0.2) is 70.8 Å². The van der Waals surface area contributed by atoms with E-state index < -0.39 is 22.7 Å². The van der Waals surface area contributed by atoms with Gasteiger partial charge in [-0.1, -0.05) is 30.3 Å². The summed E-state index contributed by atoms with van der Waals surface area (Å²) in [5.74, 6) is -1.08. The highest BCUT2D eigenvalue weighted by Gasteiger charge is 2.60. The number of hydrogen-bond donors (Lipinski definition) is 1. The maximum atomic E-state index is 14.4. The summed E-state index contributed by atoms with van der Waals surface area (Å²) in [6.07, 6.45) is 0. The fourth-order valence-corrected chi connectivity index (χ4v) is 5.16. The van der Waals surface area contributed by atoms with Gasteiger partial charge in [-0.3, -0.25) is 9.59 Å². The molecule has 182 valence electrons. The number of nitrogens with zero attached hydrogens (tertiary/aromatic N) is 3. The molecule has 1 aromatic heterocycles. The van der Waals surface area contributed by atoms with Crippen LogP contribution in [-0.4, -0.2) is 24.2 Å². The van der Waals surface area contributed by atoms with Gasteiger partial charge in [-0.2, -0.15) is 5.26 Å². The second kappa shape index (κ2) is 8.66. The van der Waals surface area contributed by atoms with Gasteiger partial charge in [-0.05, 0) is 30.7 Å². The van der Waals surface area contributed by atoms with E-state index in [0.29, 0.717) is 22.5 Å². The smallest absolute Gasteiger partial charge is 0.259 e. The van der Waals surface area contributed by atoms with Crippen LogP contribution in [-0.2, 0) is 28.0 Å². The van der Waals surface area contributed by atoms with E-state index >= 15 is 0 Å². The number of carbonyl (C=O) groups excluding carboxylic acids is 1. The van der Waals surface area contributed by atoms with Crippen molar-refractivity contribution in [3.05, 3.63) is 105 Å². The van der Waals surface area contributed by atoms with E-state index in [2.05, 4.69) is 0 Å². The van der Waals surface area contributed by atoms with Crippen LogP contribution in [0.3, 0.4) is 0 Å². The number of rotatable bonds is 5. The highest BCUT2D eigenvalue weighted by Crippen LogP contribution is 2.54. The normalized spacial score (nSPS) is 18.2. The monoisotopic (exact) mass is 486 g/mol. The molecule has 2 aromatic carbocycles. The molecule has 0 unspecified atom stereocenters. The van der Waals surface area contributed by atoms with Gasteiger partial charge in [0.05, 0.1) is 18.7 Å². The van der Waals surface area contributed by atoms with E-state index in [-0.39, 0.29) is 42.5 Å². The fourth-order valence-electron chi connectivity index (χ4n) is 5.16. The van der Waals surface area contributed by atoms with Crippen LogP contribution in [0.5, 0.6) is 5.75 Å². The van der Waals surface area contributed by atoms with Crippen LogP contribution in [0.2, 0.25) is 0 Å². The average molecular weight is 487 g/mol. The number of amides is 1. The van der Waals surface area contributed by atoms with Crippen LogP contribution >= 0.6 is 0 Å². The van der Waals surface area contributed by atoms with Gasteiger partial charge in [0.2, 0.25) is 11.8 Å². The first-order chi connectivity index (χ1) is 17.3. The summed E-state index contributed by atoms with van der Waals surface area (Å²) >= 11 is 0. The summed E-state index contributed by atoms with van der Waals surface area (Å²) in [4.78, 5) is 29.9. The van der Waals surface area contributed by atoms with Crippen LogP contribution < -0.4 is 20.9 Å². The molecular weight excluding hydrogens is 463 g/mol. The lowest BCUT2D eigenvalue weighted by Crippen LogP contribution is -2.50. The molecule has 0 bridgehead atoms. The van der Waals surface area contributed by atoms with Crippen molar-refractivity contribution in [3.63, 3.8) is 0 Å². The molecule has 9 heteroatoms. The zero-order chi connectivity index (χ0) is 25.6. The molecule has 5 rings (SSSR count). The minimum Gasteiger partial charge on any atom is -0.440 e. The van der Waals surface area contributed by atoms with Crippen molar-refractivity contribution in [1.29, 1.82) is 5.26 Å². The van der Waals surface area contributed by atoms with Crippen molar-refractivity contribution in [2.45, 2.75) is 25.4 Å². The number of benzene rings is 2. The van der Waals surface area contributed by atoms with Gasteiger partial charge in [0.1, 0.15) is 23.2 Å². The SMILES string of the molecule is COCCn1c(C)cc2c(c1=O)[C@@]1(C(=O)N(Cc3cccc(F)c3)c3ccccc31)C(C#N)=C(N)O2. The number of ether oxygens (including phenoxy) is 2. The lowest BCUT2D eigenvalue weighted by molar-refractivity contribution is -0.121. The van der Waals surface area contributed by atoms with Gasteiger partial charge in [-0.15, -0.1) is 0 Å². The molecule has 1 amide bonds. The Morgan fingerprint density at radius 2 is 1.94 bits per heavy atom. The average Bonchev–Trinajstić information content (AvgIpc) is 3.07. The van der Waals surface area contributed by atoms with Gasteiger partial charge < -0.3 is 24.7 Å². The molecule has 0 aliphatic carbocycles. The molecule has 1 atom stereocenters. The van der Waals surface area contributed by atoms with Crippen molar-refractivity contribution < 1.29 is 18.7 Å². The number of carbonyl (C=O) groups is 1. The first-order valence-corrected chi connectivity index (χ1v) is 11.3. The Hall–Kier alpha value is -4.42. The standard InChI is InChI=1S/C27H23FN4O4/c1-16-12-22-23(25(33)31(16)10-11-35-2)27(20(14-29)24(30)36-22)19-8-3-4-9-21(19)32(26(27)34)15-17-6-5-7-18(28)13-17/h3-9,12-13H,10-11,15,30H2,1-2H3/t27-/m0/s1. The fraction of sp³-hybridized carbons (Fsp3) is 0.222. The van der Waals surface area contributed by atoms with Crippen LogP contribution in [0, 0.1) is 24.1 Å². The zero-order valence-electron chi connectivity index (χ0n) is 19.7. The van der Waals surface area contributed by atoms with E-state index in [1.165, 1.54) is 28.7 Å². The lowest BCUT2D eigenvalue weighted by atomic mass is 9.69. The van der Waals surface area contributed by atoms with E-state index in [1.807, 2.05) is 6.07 Å². The summed E-state index contributed by atoms with van der Waals surface area (Å²) in [5, 5.41) is 10.2. The summed E-state index contributed by atoms with van der Waals surface area (Å²) < 4.78 is 26.4. The number of nitrogens with two attached hydrogens (primary N) is 1. The summed E-state index contributed by atoms with van der Waals surface area (Å²) in [5.41, 5.74) is 5.87. The molecule has 36 heavy (non-hydrogen) atoms. The molecule has 0 saturated carbocycles. The van der Waals surface area contributed by atoms with Crippen molar-refractivity contribution in [2.24, 2.45) is 5.73 Å². The molecular formula is C27H23FN4O4. The van der Waals surface area contributed by atoms with Crippen LogP contribution in [0.25, 0.3) is 0 Å². The third kappa shape index (κ3) is 3.22. The molecule has 2 N–H and O–H groups in total. The maximum absolute atomic E-state index is 14.4. The van der Waals surface area contributed by atoms with E-state index in [0.717, 1.165) is 0 Å². The Morgan fingerprint density at radius 3 is 2.67 bits per heavy atom. The number of aryl methyl sites for hydroxylation is 1. The molecule has 3 heterocycles. The highest BCUT2D eigenvalue weighted by atomic mass is 19.1. The molecule has 0 fully saturated rings. The molecule has 3 aromatic rings. The number of anilines is 1. The molecule has 1 spiro atoms. The van der Waals surface area contributed by atoms with Crippen molar-refractivity contribution in [1.82, 2.24) is 4.57 Å². The van der Waals surface area contributed by atoms with E-state index in [9.17, 15) is 19.2 Å². The minimum absolute atomic E-state index is 0.0224. The van der Waals surface area contributed by atoms with Gasteiger partial charge >= 0.3 is 0 Å². The highest BCUT2D eigenvalue weighted by molar-refractivity contribution is 6.14. The van der Waals surface area contributed by atoms with Crippen LogP contribution in [0.1, 0.15) is 22.4 Å². The third-order valence-electron chi connectivity index (χ3n) is 6.71. The lowest BCUT2D eigenvalue weighted by Gasteiger charge is -2.34. The number of aromatic nitrogens is 1. The molecule has 0 saturated heterocycles. The molecule has 2 aliphatic rings. The number of para-hydroxylation sites is 1. The van der Waals surface area contributed by atoms with Crippen LogP contribution in [0.4, 0.5) is 10.1 Å². The predicted molar refractivity (Wildman–Crippen MR) is 130 cm³/mol. The summed E-state index contributed by atoms with van der Waals surface area (Å²) in [6, 6.07) is 16.6. The number of nitriles is 1. The second-order valence-corrected chi connectivity index (χ2v) is 8.72. The Kier molecular flexibility index (Phi) is 5.61. The number of halogens is 1. The topological polar surface area (TPSA) is 111 Å². The third-order valence-corrected chi connectivity index (χ3v) is 6.71. The first-order valence-electron chi connectivity index (χ1n) is 11.3. The van der Waals surface area contributed by atoms with E-state index in [1.54, 1.807) is 49.4 Å². The quantitative estimate of drug-likeness (QED) is 0.594. The molecule has 8 nitrogen and oxygen atoms in total. The largest absolute Gasteiger partial charge is 0.440 e. The van der Waals surface area contributed by atoms with E-state index in [4.69, 9.17) is 15.2 Å². The molecule has 2 aliphatic heterocycles. The maximum Gasteiger partial charge on any atom is 0.259 e. The zero-order valence-corrected chi connectivity index (χ0v) is 19.7. The minimum atomic E-state index is -1.81. The van der Waals surface area contributed by atoms with Gasteiger partial charge in [0.25, 0.3) is 5.56 Å². The van der Waals surface area contributed by atoms with Crippen molar-refractivity contribution >= 4 is 11.6 Å². The Balaban J connectivity index is 1.81. The van der Waals surface area contributed by atoms with Gasteiger partial charge in [0, 0.05) is 36.7 Å². The Bertz CT molecular complexity index is 1540. The summed E-state index contributed by atoms with van der Waals surface area (Å²) in [6.45, 7) is 2.29. The first kappa shape index (κ1) is 23.3. The molecule has 0 radical (unpaired) electrons. The summed E-state index contributed by atoms with van der Waals surface area (Å²) in [7, 11) is 1.53. The predicted octanol–water partition coefficient (Wildman–Crippen LogP) is 2.86. The van der Waals surface area contributed by atoms with Gasteiger partial charge in [0.15, 0.2) is 5.41 Å². The number of hydrogen-bond acceptors (Lipinski definition) is 6. The number of pyridine rings is 1. The number of fused-ring (bicyclic) bond motifs is 4. The van der Waals surface area contributed by atoms with Crippen molar-refractivity contribution in [2.75, 3.05) is 18.6 Å². The Labute approximate surface area is 206 Å². The number of methoxy groups -OCH3 is 1. The van der Waals surface area contributed by atoms with Crippen molar-refractivity contribution in [3.8, 4) is 11.8 Å².